The monoisotopic (exact) mass is 640 g/mol. The molecule has 2 N–H and O–H groups in total. The van der Waals surface area contributed by atoms with Gasteiger partial charge in [-0.1, -0.05) is 18.2 Å². The van der Waals surface area contributed by atoms with E-state index in [0.29, 0.717) is 34.5 Å². The van der Waals surface area contributed by atoms with Crippen LogP contribution in [0, 0.1) is 0 Å². The summed E-state index contributed by atoms with van der Waals surface area (Å²) in [6.45, 7) is 1.75. The van der Waals surface area contributed by atoms with Crippen LogP contribution in [0.3, 0.4) is 0 Å². The highest BCUT2D eigenvalue weighted by Crippen LogP contribution is 2.46. The molecule has 0 fully saturated rings. The Bertz CT molecular complexity index is 1740. The third-order valence-corrected chi connectivity index (χ3v) is 9.69. The molecule has 2 atom stereocenters. The fourth-order valence-electron chi connectivity index (χ4n) is 7.01. The lowest BCUT2D eigenvalue weighted by molar-refractivity contribution is 0.224. The van der Waals surface area contributed by atoms with Crippen molar-refractivity contribution < 1.29 is 33.9 Å². The zero-order valence-corrected chi connectivity index (χ0v) is 28.0. The lowest BCUT2D eigenvalue weighted by atomic mass is 9.88. The topological polar surface area (TPSA) is 93.1 Å². The summed E-state index contributed by atoms with van der Waals surface area (Å²) < 4.78 is 28.4. The molecular formula is C38H44N2O7. The van der Waals surface area contributed by atoms with Crippen LogP contribution < -0.4 is 23.7 Å². The van der Waals surface area contributed by atoms with Gasteiger partial charge in [-0.25, -0.2) is 0 Å². The molecule has 6 rings (SSSR count). The van der Waals surface area contributed by atoms with Gasteiger partial charge in [0, 0.05) is 30.7 Å². The number of rotatable bonds is 10. The average Bonchev–Trinajstić information content (AvgIpc) is 3.08. The minimum atomic E-state index is 0.0686. The van der Waals surface area contributed by atoms with Gasteiger partial charge in [-0.3, -0.25) is 9.80 Å². The van der Waals surface area contributed by atoms with Crippen LogP contribution >= 0.6 is 0 Å². The first-order chi connectivity index (χ1) is 22.7. The van der Waals surface area contributed by atoms with Gasteiger partial charge in [-0.2, -0.15) is 0 Å². The summed E-state index contributed by atoms with van der Waals surface area (Å²) >= 11 is 0. The Morgan fingerprint density at radius 3 is 1.96 bits per heavy atom. The Balaban J connectivity index is 1.21. The lowest BCUT2D eigenvalue weighted by Crippen LogP contribution is -2.33. The van der Waals surface area contributed by atoms with Crippen molar-refractivity contribution >= 4 is 0 Å². The second kappa shape index (κ2) is 13.6. The smallest absolute Gasteiger partial charge is 0.203 e. The van der Waals surface area contributed by atoms with Gasteiger partial charge in [-0.05, 0) is 110 Å². The molecule has 0 unspecified atom stereocenters. The molecule has 0 bridgehead atoms. The van der Waals surface area contributed by atoms with Gasteiger partial charge in [-0.15, -0.1) is 0 Å². The van der Waals surface area contributed by atoms with Crippen LogP contribution in [0.2, 0.25) is 0 Å². The average molecular weight is 641 g/mol. The van der Waals surface area contributed by atoms with Gasteiger partial charge < -0.3 is 33.9 Å². The van der Waals surface area contributed by atoms with E-state index < -0.39 is 0 Å². The largest absolute Gasteiger partial charge is 0.504 e. The summed E-state index contributed by atoms with van der Waals surface area (Å²) in [4.78, 5) is 4.64. The fraction of sp³-hybridized carbons (Fsp3) is 0.368. The van der Waals surface area contributed by atoms with Gasteiger partial charge in [0.05, 0.1) is 28.4 Å². The number of fused-ring (bicyclic) bond motifs is 2. The molecule has 9 heteroatoms. The van der Waals surface area contributed by atoms with Crippen molar-refractivity contribution in [3.05, 3.63) is 94.0 Å². The highest BCUT2D eigenvalue weighted by atomic mass is 16.5. The molecule has 248 valence electrons. The molecule has 0 amide bonds. The quantitative estimate of drug-likeness (QED) is 0.202. The van der Waals surface area contributed by atoms with E-state index in [1.54, 1.807) is 28.4 Å². The highest BCUT2D eigenvalue weighted by Gasteiger charge is 2.31. The Morgan fingerprint density at radius 1 is 0.638 bits per heavy atom. The number of aromatic hydroxyl groups is 2. The maximum atomic E-state index is 11.0. The number of methoxy groups -OCH3 is 4. The second-order valence-electron chi connectivity index (χ2n) is 12.4. The maximum absolute atomic E-state index is 11.0. The third-order valence-electron chi connectivity index (χ3n) is 9.69. The number of hydrogen-bond donors (Lipinski definition) is 2. The number of nitrogens with zero attached hydrogens (tertiary/aromatic N) is 2. The molecule has 4 aromatic rings. The Hall–Kier alpha value is -4.60. The Morgan fingerprint density at radius 2 is 1.28 bits per heavy atom. The molecule has 0 saturated heterocycles. The molecular weight excluding hydrogens is 596 g/mol. The molecule has 2 heterocycles. The Kier molecular flexibility index (Phi) is 9.38. The van der Waals surface area contributed by atoms with Crippen LogP contribution in [-0.4, -0.2) is 75.6 Å². The number of ether oxygens (including phenoxy) is 5. The molecule has 4 aromatic carbocycles. The Labute approximate surface area is 276 Å². The molecule has 0 spiro atoms. The molecule has 0 radical (unpaired) electrons. The van der Waals surface area contributed by atoms with Crippen LogP contribution in [0.1, 0.15) is 45.5 Å². The van der Waals surface area contributed by atoms with Crippen molar-refractivity contribution in [2.24, 2.45) is 0 Å². The van der Waals surface area contributed by atoms with E-state index in [9.17, 15) is 10.2 Å². The molecule has 2 aliphatic heterocycles. The molecule has 9 nitrogen and oxygen atoms in total. The number of phenolic OH excluding ortho intramolecular Hbond substituents is 2. The zero-order chi connectivity index (χ0) is 33.2. The van der Waals surface area contributed by atoms with E-state index >= 15 is 0 Å². The summed E-state index contributed by atoms with van der Waals surface area (Å²) in [6.07, 6.45) is 3.15. The minimum Gasteiger partial charge on any atom is -0.504 e. The van der Waals surface area contributed by atoms with Crippen molar-refractivity contribution in [3.63, 3.8) is 0 Å². The number of hydrogen-bond acceptors (Lipinski definition) is 9. The van der Waals surface area contributed by atoms with Crippen LogP contribution in [0.25, 0.3) is 0 Å². The molecule has 47 heavy (non-hydrogen) atoms. The lowest BCUT2D eigenvalue weighted by Gasteiger charge is -2.35. The van der Waals surface area contributed by atoms with E-state index in [0.717, 1.165) is 66.6 Å². The summed E-state index contributed by atoms with van der Waals surface area (Å²) in [7, 11) is 10.6. The standard InChI is InChI=1S/C38H44N2O7/c1-39-15-13-25-20-34(44-4)32(41)21-28(25)30(39)18-24-9-12-33(43-3)35(19-24)47-26-10-7-23(8-11-26)17-31-29-22-36(45-5)38(46-6)37(42)27(29)14-16-40(31)2/h7-12,19-22,30-31,41-42H,13-18H2,1-6H3/t30-,31-/m0/s1. The number of phenols is 2. The van der Waals surface area contributed by atoms with Crippen LogP contribution in [0.15, 0.2) is 60.7 Å². The van der Waals surface area contributed by atoms with Crippen molar-refractivity contribution in [2.45, 2.75) is 37.8 Å². The van der Waals surface area contributed by atoms with Gasteiger partial charge in [0.15, 0.2) is 34.5 Å². The highest BCUT2D eigenvalue weighted by molar-refractivity contribution is 5.60. The van der Waals surface area contributed by atoms with Crippen molar-refractivity contribution in [1.82, 2.24) is 9.80 Å². The van der Waals surface area contributed by atoms with Crippen LogP contribution in [0.4, 0.5) is 0 Å². The first-order valence-electron chi connectivity index (χ1n) is 15.9. The SMILES string of the molecule is COc1cc2c(cc1O)[C@H](Cc1ccc(OC)c(Oc3ccc(C[C@H]4c5cc(OC)c(OC)c(O)c5CCN4C)cc3)c1)N(C)CC2. The summed E-state index contributed by atoms with van der Waals surface area (Å²) in [5.41, 5.74) is 6.53. The summed E-state index contributed by atoms with van der Waals surface area (Å²) in [5, 5.41) is 21.5. The number of likely N-dealkylation sites (N-methyl/N-ethyl adjacent to an activating group) is 2. The predicted octanol–water partition coefficient (Wildman–Crippen LogP) is 6.47. The molecule has 2 aliphatic rings. The van der Waals surface area contributed by atoms with Crippen molar-refractivity contribution in [2.75, 3.05) is 55.6 Å². The normalized spacial score (nSPS) is 17.8. The zero-order valence-electron chi connectivity index (χ0n) is 28.0. The first-order valence-corrected chi connectivity index (χ1v) is 15.9. The van der Waals surface area contributed by atoms with Crippen LogP contribution in [-0.2, 0) is 25.7 Å². The first kappa shape index (κ1) is 32.3. The fourth-order valence-corrected chi connectivity index (χ4v) is 7.01. The number of benzene rings is 4. The third kappa shape index (κ3) is 6.38. The molecule has 0 saturated carbocycles. The van der Waals surface area contributed by atoms with E-state index in [-0.39, 0.29) is 23.6 Å². The van der Waals surface area contributed by atoms with Gasteiger partial charge in [0.1, 0.15) is 5.75 Å². The van der Waals surface area contributed by atoms with Gasteiger partial charge >= 0.3 is 0 Å². The van der Waals surface area contributed by atoms with Crippen LogP contribution in [0.5, 0.6) is 46.0 Å². The van der Waals surface area contributed by atoms with E-state index in [4.69, 9.17) is 23.7 Å². The maximum Gasteiger partial charge on any atom is 0.203 e. The summed E-state index contributed by atoms with van der Waals surface area (Å²) in [6, 6.07) is 20.2. The van der Waals surface area contributed by atoms with E-state index in [2.05, 4.69) is 42.1 Å². The second-order valence-corrected chi connectivity index (χ2v) is 12.4. The minimum absolute atomic E-state index is 0.0686. The predicted molar refractivity (Wildman–Crippen MR) is 181 cm³/mol. The van der Waals surface area contributed by atoms with Gasteiger partial charge in [0.2, 0.25) is 5.75 Å². The van der Waals surface area contributed by atoms with Crippen molar-refractivity contribution in [1.29, 1.82) is 0 Å². The molecule has 0 aromatic heterocycles. The van der Waals surface area contributed by atoms with E-state index in [1.807, 2.05) is 42.5 Å². The molecule has 0 aliphatic carbocycles. The van der Waals surface area contributed by atoms with E-state index in [1.165, 1.54) is 5.56 Å². The summed E-state index contributed by atoms with van der Waals surface area (Å²) in [5.74, 6) is 3.75. The van der Waals surface area contributed by atoms with Crippen molar-refractivity contribution in [3.8, 4) is 46.0 Å². The van der Waals surface area contributed by atoms with Gasteiger partial charge in [0.25, 0.3) is 0 Å².